The highest BCUT2D eigenvalue weighted by Gasteiger charge is 2.11. The molecule has 0 atom stereocenters. The molecule has 1 aromatic carbocycles. The van der Waals surface area contributed by atoms with E-state index < -0.39 is 4.92 Å². The lowest BCUT2D eigenvalue weighted by Crippen LogP contribution is -2.17. The molecule has 1 aliphatic rings. The van der Waals surface area contributed by atoms with Crippen molar-refractivity contribution in [3.8, 4) is 0 Å². The van der Waals surface area contributed by atoms with E-state index in [1.54, 1.807) is 0 Å². The average molecular weight is 218 g/mol. The van der Waals surface area contributed by atoms with E-state index in [2.05, 4.69) is 4.90 Å². The Kier molecular flexibility index (Phi) is 3.19. The van der Waals surface area contributed by atoms with Gasteiger partial charge in [0.1, 0.15) is 0 Å². The van der Waals surface area contributed by atoms with Crippen molar-refractivity contribution in [2.75, 3.05) is 18.0 Å². The lowest BCUT2D eigenvalue weighted by Gasteiger charge is -2.17. The number of anilines is 1. The van der Waals surface area contributed by atoms with Crippen molar-refractivity contribution in [3.05, 3.63) is 46.1 Å². The molecule has 16 heavy (non-hydrogen) atoms. The SMILES string of the molecule is O=[N+]([O-])/C=C\c1ccc(N2CCCC2)cc1. The minimum absolute atomic E-state index is 0.450. The lowest BCUT2D eigenvalue weighted by molar-refractivity contribution is -0.400. The number of hydrogen-bond donors (Lipinski definition) is 0. The Morgan fingerprint density at radius 2 is 1.81 bits per heavy atom. The van der Waals surface area contributed by atoms with Crippen LogP contribution in [-0.4, -0.2) is 18.0 Å². The maximum Gasteiger partial charge on any atom is 0.235 e. The van der Waals surface area contributed by atoms with E-state index in [9.17, 15) is 10.1 Å². The van der Waals surface area contributed by atoms with Crippen LogP contribution in [0.4, 0.5) is 5.69 Å². The minimum Gasteiger partial charge on any atom is -0.372 e. The second-order valence-electron chi connectivity index (χ2n) is 3.89. The molecule has 0 N–H and O–H groups in total. The van der Waals surface area contributed by atoms with E-state index in [1.807, 2.05) is 24.3 Å². The molecule has 1 saturated heterocycles. The van der Waals surface area contributed by atoms with Crippen LogP contribution >= 0.6 is 0 Å². The fourth-order valence-electron chi connectivity index (χ4n) is 1.92. The summed E-state index contributed by atoms with van der Waals surface area (Å²) in [6.07, 6.45) is 4.98. The topological polar surface area (TPSA) is 46.4 Å². The summed E-state index contributed by atoms with van der Waals surface area (Å²) in [7, 11) is 0. The van der Waals surface area contributed by atoms with Crippen LogP contribution in [0.2, 0.25) is 0 Å². The first-order chi connectivity index (χ1) is 7.75. The molecule has 0 amide bonds. The normalized spacial score (nSPS) is 15.9. The monoisotopic (exact) mass is 218 g/mol. The van der Waals surface area contributed by atoms with Gasteiger partial charge >= 0.3 is 0 Å². The summed E-state index contributed by atoms with van der Waals surface area (Å²) < 4.78 is 0. The summed E-state index contributed by atoms with van der Waals surface area (Å²) in [4.78, 5) is 12.0. The first kappa shape index (κ1) is 10.7. The summed E-state index contributed by atoms with van der Waals surface area (Å²) in [5.41, 5.74) is 2.07. The Balaban J connectivity index is 2.06. The zero-order valence-corrected chi connectivity index (χ0v) is 9.00. The van der Waals surface area contributed by atoms with Crippen LogP contribution in [-0.2, 0) is 0 Å². The van der Waals surface area contributed by atoms with E-state index in [0.717, 1.165) is 24.9 Å². The molecular weight excluding hydrogens is 204 g/mol. The molecular formula is C12H14N2O2. The average Bonchev–Trinajstić information content (AvgIpc) is 2.80. The number of nitro groups is 1. The van der Waals surface area contributed by atoms with E-state index in [1.165, 1.54) is 24.6 Å². The van der Waals surface area contributed by atoms with Gasteiger partial charge in [0.25, 0.3) is 0 Å². The fourth-order valence-corrected chi connectivity index (χ4v) is 1.92. The Morgan fingerprint density at radius 3 is 2.38 bits per heavy atom. The summed E-state index contributed by atoms with van der Waals surface area (Å²) in [6.45, 7) is 2.23. The van der Waals surface area contributed by atoms with Crippen LogP contribution in [0, 0.1) is 10.1 Å². The van der Waals surface area contributed by atoms with Crippen LogP contribution in [0.25, 0.3) is 6.08 Å². The largest absolute Gasteiger partial charge is 0.372 e. The smallest absolute Gasteiger partial charge is 0.235 e. The quantitative estimate of drug-likeness (QED) is 0.578. The third kappa shape index (κ3) is 2.59. The van der Waals surface area contributed by atoms with Crippen LogP contribution in [0.3, 0.4) is 0 Å². The van der Waals surface area contributed by atoms with Gasteiger partial charge in [-0.3, -0.25) is 10.1 Å². The first-order valence-electron chi connectivity index (χ1n) is 5.42. The standard InChI is InChI=1S/C12H14N2O2/c15-14(16)10-7-11-3-5-12(6-4-11)13-8-1-2-9-13/h3-7,10H,1-2,8-9H2/b10-7-. The van der Waals surface area contributed by atoms with Crippen molar-refractivity contribution in [3.63, 3.8) is 0 Å². The lowest BCUT2D eigenvalue weighted by atomic mass is 10.2. The van der Waals surface area contributed by atoms with Gasteiger partial charge < -0.3 is 4.90 Å². The molecule has 1 fully saturated rings. The maximum absolute atomic E-state index is 10.2. The number of hydrogen-bond acceptors (Lipinski definition) is 3. The van der Waals surface area contributed by atoms with Crippen molar-refractivity contribution in [2.45, 2.75) is 12.8 Å². The van der Waals surface area contributed by atoms with Gasteiger partial charge in [-0.25, -0.2) is 0 Å². The molecule has 1 aromatic rings. The van der Waals surface area contributed by atoms with Crippen LogP contribution < -0.4 is 4.90 Å². The third-order valence-electron chi connectivity index (χ3n) is 2.75. The molecule has 0 unspecified atom stereocenters. The number of nitrogens with zero attached hydrogens (tertiary/aromatic N) is 2. The van der Waals surface area contributed by atoms with E-state index in [4.69, 9.17) is 0 Å². The van der Waals surface area contributed by atoms with Crippen LogP contribution in [0.1, 0.15) is 18.4 Å². The highest BCUT2D eigenvalue weighted by atomic mass is 16.6. The van der Waals surface area contributed by atoms with Crippen molar-refractivity contribution in [2.24, 2.45) is 0 Å². The van der Waals surface area contributed by atoms with Crippen molar-refractivity contribution < 1.29 is 4.92 Å². The molecule has 4 heteroatoms. The van der Waals surface area contributed by atoms with Crippen molar-refractivity contribution in [1.29, 1.82) is 0 Å². The highest BCUT2D eigenvalue weighted by molar-refractivity contribution is 5.55. The Morgan fingerprint density at radius 1 is 1.19 bits per heavy atom. The molecule has 0 saturated carbocycles. The molecule has 0 radical (unpaired) electrons. The van der Waals surface area contributed by atoms with E-state index in [0.29, 0.717) is 0 Å². The van der Waals surface area contributed by atoms with Crippen LogP contribution in [0.15, 0.2) is 30.5 Å². The number of benzene rings is 1. The summed E-state index contributed by atoms with van der Waals surface area (Å²) in [5.74, 6) is 0. The second-order valence-corrected chi connectivity index (χ2v) is 3.89. The molecule has 0 aromatic heterocycles. The van der Waals surface area contributed by atoms with Gasteiger partial charge in [-0.15, -0.1) is 0 Å². The molecule has 0 aliphatic carbocycles. The summed E-state index contributed by atoms with van der Waals surface area (Å²) in [5, 5.41) is 10.2. The predicted octanol–water partition coefficient (Wildman–Crippen LogP) is 2.53. The Hall–Kier alpha value is -1.84. The molecule has 84 valence electrons. The van der Waals surface area contributed by atoms with Crippen molar-refractivity contribution >= 4 is 11.8 Å². The van der Waals surface area contributed by atoms with Gasteiger partial charge in [0.2, 0.25) is 6.20 Å². The van der Waals surface area contributed by atoms with Crippen molar-refractivity contribution in [1.82, 2.24) is 0 Å². The molecule has 1 heterocycles. The Bertz CT molecular complexity index is 392. The van der Waals surface area contributed by atoms with E-state index >= 15 is 0 Å². The molecule has 0 spiro atoms. The first-order valence-corrected chi connectivity index (χ1v) is 5.42. The minimum atomic E-state index is -0.450. The van der Waals surface area contributed by atoms with Gasteiger partial charge in [0.15, 0.2) is 0 Å². The zero-order chi connectivity index (χ0) is 11.4. The fraction of sp³-hybridized carbons (Fsp3) is 0.333. The van der Waals surface area contributed by atoms with E-state index in [-0.39, 0.29) is 0 Å². The molecule has 4 nitrogen and oxygen atoms in total. The van der Waals surface area contributed by atoms with Gasteiger partial charge in [-0.1, -0.05) is 12.1 Å². The molecule has 1 aliphatic heterocycles. The van der Waals surface area contributed by atoms with Gasteiger partial charge in [0, 0.05) is 24.9 Å². The van der Waals surface area contributed by atoms with Gasteiger partial charge in [-0.05, 0) is 30.5 Å². The van der Waals surface area contributed by atoms with Gasteiger partial charge in [-0.2, -0.15) is 0 Å². The number of rotatable bonds is 3. The summed E-state index contributed by atoms with van der Waals surface area (Å²) in [6, 6.07) is 7.86. The van der Waals surface area contributed by atoms with Gasteiger partial charge in [0.05, 0.1) is 4.92 Å². The molecule has 0 bridgehead atoms. The predicted molar refractivity (Wildman–Crippen MR) is 63.9 cm³/mol. The molecule has 2 rings (SSSR count). The highest BCUT2D eigenvalue weighted by Crippen LogP contribution is 2.20. The zero-order valence-electron chi connectivity index (χ0n) is 9.00. The van der Waals surface area contributed by atoms with Crippen LogP contribution in [0.5, 0.6) is 0 Å². The summed E-state index contributed by atoms with van der Waals surface area (Å²) >= 11 is 0. The third-order valence-corrected chi connectivity index (χ3v) is 2.75. The maximum atomic E-state index is 10.2. The second kappa shape index (κ2) is 4.79. The Labute approximate surface area is 94.3 Å².